The molecule has 0 saturated carbocycles. The van der Waals surface area contributed by atoms with E-state index >= 15 is 0 Å². The SMILES string of the molecule is C1=CCONCCCC1. The van der Waals surface area contributed by atoms with Gasteiger partial charge in [-0.25, -0.2) is 5.48 Å². The summed E-state index contributed by atoms with van der Waals surface area (Å²) >= 11 is 0. The minimum absolute atomic E-state index is 0.708. The first-order valence-corrected chi connectivity index (χ1v) is 3.50. The third kappa shape index (κ3) is 3.27. The molecule has 0 saturated heterocycles. The summed E-state index contributed by atoms with van der Waals surface area (Å²) in [4.78, 5) is 5.02. The topological polar surface area (TPSA) is 21.3 Å². The largest absolute Gasteiger partial charge is 0.298 e. The van der Waals surface area contributed by atoms with Crippen molar-refractivity contribution < 1.29 is 4.84 Å². The highest BCUT2D eigenvalue weighted by Crippen LogP contribution is 1.96. The second kappa shape index (κ2) is 4.53. The fraction of sp³-hybridized carbons (Fsp3) is 0.714. The molecule has 0 aliphatic carbocycles. The quantitative estimate of drug-likeness (QED) is 0.494. The summed E-state index contributed by atoms with van der Waals surface area (Å²) in [5.41, 5.74) is 2.88. The Morgan fingerprint density at radius 2 is 2.22 bits per heavy atom. The maximum absolute atomic E-state index is 5.02. The summed E-state index contributed by atoms with van der Waals surface area (Å²) in [7, 11) is 0. The molecule has 0 atom stereocenters. The molecule has 0 amide bonds. The Bertz CT molecular complexity index is 80.9. The fourth-order valence-electron chi connectivity index (χ4n) is 0.824. The zero-order chi connectivity index (χ0) is 6.36. The molecule has 1 aliphatic rings. The molecule has 1 heterocycles. The van der Waals surface area contributed by atoms with Gasteiger partial charge in [0.15, 0.2) is 0 Å². The van der Waals surface area contributed by atoms with E-state index in [1.165, 1.54) is 19.3 Å². The van der Waals surface area contributed by atoms with Crippen molar-refractivity contribution in [1.29, 1.82) is 0 Å². The predicted molar refractivity (Wildman–Crippen MR) is 36.9 cm³/mol. The molecule has 0 aromatic carbocycles. The molecule has 0 unspecified atom stereocenters. The van der Waals surface area contributed by atoms with E-state index in [0.29, 0.717) is 6.61 Å². The van der Waals surface area contributed by atoms with Crippen molar-refractivity contribution in [3.8, 4) is 0 Å². The van der Waals surface area contributed by atoms with E-state index in [-0.39, 0.29) is 0 Å². The van der Waals surface area contributed by atoms with Crippen LogP contribution in [0.3, 0.4) is 0 Å². The maximum Gasteiger partial charge on any atom is 0.0863 e. The van der Waals surface area contributed by atoms with Crippen LogP contribution in [-0.4, -0.2) is 13.2 Å². The lowest BCUT2D eigenvalue weighted by Gasteiger charge is -1.99. The van der Waals surface area contributed by atoms with E-state index < -0.39 is 0 Å². The van der Waals surface area contributed by atoms with Crippen molar-refractivity contribution in [2.45, 2.75) is 19.3 Å². The number of hydroxylamine groups is 1. The molecule has 0 bridgehead atoms. The van der Waals surface area contributed by atoms with Gasteiger partial charge in [-0.05, 0) is 19.3 Å². The Morgan fingerprint density at radius 3 is 3.22 bits per heavy atom. The fourth-order valence-corrected chi connectivity index (χ4v) is 0.824. The normalized spacial score (nSPS) is 22.2. The van der Waals surface area contributed by atoms with Gasteiger partial charge in [0.25, 0.3) is 0 Å². The van der Waals surface area contributed by atoms with E-state index in [0.717, 1.165) is 6.54 Å². The van der Waals surface area contributed by atoms with Crippen LogP contribution in [0.4, 0.5) is 0 Å². The molecule has 1 N–H and O–H groups in total. The minimum atomic E-state index is 0.708. The standard InChI is InChI=1S/C7H13NO/c1-2-4-6-8-9-7-5-3-1/h3,5,8H,1-2,4,6-7H2. The Balaban J connectivity index is 2.15. The average Bonchev–Trinajstić information content (AvgIpc) is 2.00. The lowest BCUT2D eigenvalue weighted by atomic mass is 10.2. The second-order valence-electron chi connectivity index (χ2n) is 2.17. The van der Waals surface area contributed by atoms with Gasteiger partial charge < -0.3 is 0 Å². The van der Waals surface area contributed by atoms with Crippen LogP contribution in [-0.2, 0) is 4.84 Å². The molecule has 1 aliphatic heterocycles. The second-order valence-corrected chi connectivity index (χ2v) is 2.17. The first kappa shape index (κ1) is 6.78. The first-order chi connectivity index (χ1) is 4.50. The van der Waals surface area contributed by atoms with Crippen LogP contribution in [0.5, 0.6) is 0 Å². The van der Waals surface area contributed by atoms with Gasteiger partial charge >= 0.3 is 0 Å². The highest BCUT2D eigenvalue weighted by atomic mass is 16.6. The van der Waals surface area contributed by atoms with Gasteiger partial charge in [0.1, 0.15) is 0 Å². The van der Waals surface area contributed by atoms with E-state index in [2.05, 4.69) is 17.6 Å². The smallest absolute Gasteiger partial charge is 0.0863 e. The lowest BCUT2D eigenvalue weighted by Crippen LogP contribution is -2.15. The van der Waals surface area contributed by atoms with Gasteiger partial charge in [-0.2, -0.15) is 0 Å². The molecule has 0 spiro atoms. The third-order valence-electron chi connectivity index (χ3n) is 1.35. The van der Waals surface area contributed by atoms with E-state index in [4.69, 9.17) is 4.84 Å². The molecule has 0 radical (unpaired) electrons. The first-order valence-electron chi connectivity index (χ1n) is 3.50. The Kier molecular flexibility index (Phi) is 3.41. The van der Waals surface area contributed by atoms with Gasteiger partial charge in [-0.1, -0.05) is 12.2 Å². The summed E-state index contributed by atoms with van der Waals surface area (Å²) < 4.78 is 0. The van der Waals surface area contributed by atoms with Crippen molar-refractivity contribution in [3.63, 3.8) is 0 Å². The van der Waals surface area contributed by atoms with Gasteiger partial charge in [0.05, 0.1) is 6.61 Å². The summed E-state index contributed by atoms with van der Waals surface area (Å²) in [5, 5.41) is 0. The average molecular weight is 127 g/mol. The Hall–Kier alpha value is -0.340. The molecule has 0 fully saturated rings. The Labute approximate surface area is 55.9 Å². The van der Waals surface area contributed by atoms with Crippen LogP contribution in [0.2, 0.25) is 0 Å². The molecular formula is C7H13NO. The third-order valence-corrected chi connectivity index (χ3v) is 1.35. The highest BCUT2D eigenvalue weighted by molar-refractivity contribution is 4.81. The zero-order valence-corrected chi connectivity index (χ0v) is 5.60. The predicted octanol–water partition coefficient (Wildman–Crippen LogP) is 1.25. The van der Waals surface area contributed by atoms with Crippen LogP contribution in [0.15, 0.2) is 12.2 Å². The number of rotatable bonds is 0. The number of nitrogens with one attached hydrogen (secondary N) is 1. The van der Waals surface area contributed by atoms with Crippen LogP contribution in [0.1, 0.15) is 19.3 Å². The summed E-state index contributed by atoms with van der Waals surface area (Å²) in [6, 6.07) is 0. The molecule has 0 aromatic rings. The summed E-state index contributed by atoms with van der Waals surface area (Å²) in [6.07, 6.45) is 7.91. The van der Waals surface area contributed by atoms with Gasteiger partial charge in [0, 0.05) is 6.54 Å². The summed E-state index contributed by atoms with van der Waals surface area (Å²) in [5.74, 6) is 0. The Morgan fingerprint density at radius 1 is 1.22 bits per heavy atom. The van der Waals surface area contributed by atoms with E-state index in [1.54, 1.807) is 0 Å². The molecule has 2 nitrogen and oxygen atoms in total. The van der Waals surface area contributed by atoms with Crippen LogP contribution >= 0.6 is 0 Å². The van der Waals surface area contributed by atoms with Crippen molar-refractivity contribution in [1.82, 2.24) is 5.48 Å². The van der Waals surface area contributed by atoms with Crippen molar-refractivity contribution in [3.05, 3.63) is 12.2 Å². The highest BCUT2D eigenvalue weighted by Gasteiger charge is 1.89. The van der Waals surface area contributed by atoms with Gasteiger partial charge in [-0.15, -0.1) is 0 Å². The zero-order valence-electron chi connectivity index (χ0n) is 5.60. The lowest BCUT2D eigenvalue weighted by molar-refractivity contribution is 0.0626. The van der Waals surface area contributed by atoms with Gasteiger partial charge in [-0.3, -0.25) is 4.84 Å². The molecule has 1 rings (SSSR count). The maximum atomic E-state index is 5.02. The number of hydrogen-bond donors (Lipinski definition) is 1. The van der Waals surface area contributed by atoms with Crippen LogP contribution < -0.4 is 5.48 Å². The molecule has 2 heteroatoms. The van der Waals surface area contributed by atoms with E-state index in [9.17, 15) is 0 Å². The summed E-state index contributed by atoms with van der Waals surface area (Å²) in [6.45, 7) is 1.70. The molecule has 0 aromatic heterocycles. The molecular weight excluding hydrogens is 114 g/mol. The van der Waals surface area contributed by atoms with Crippen LogP contribution in [0.25, 0.3) is 0 Å². The number of allylic oxidation sites excluding steroid dienone is 1. The molecule has 9 heavy (non-hydrogen) atoms. The van der Waals surface area contributed by atoms with Crippen molar-refractivity contribution >= 4 is 0 Å². The monoisotopic (exact) mass is 127 g/mol. The minimum Gasteiger partial charge on any atom is -0.298 e. The van der Waals surface area contributed by atoms with Crippen LogP contribution in [0, 0.1) is 0 Å². The van der Waals surface area contributed by atoms with Gasteiger partial charge in [0.2, 0.25) is 0 Å². The number of hydrogen-bond acceptors (Lipinski definition) is 2. The van der Waals surface area contributed by atoms with Crippen molar-refractivity contribution in [2.24, 2.45) is 0 Å². The molecule has 52 valence electrons. The van der Waals surface area contributed by atoms with E-state index in [1.807, 2.05) is 0 Å². The van der Waals surface area contributed by atoms with Crippen molar-refractivity contribution in [2.75, 3.05) is 13.2 Å².